The quantitative estimate of drug-likeness (QED) is 0.522. The van der Waals surface area contributed by atoms with Crippen molar-refractivity contribution in [2.75, 3.05) is 25.6 Å². The van der Waals surface area contributed by atoms with Crippen molar-refractivity contribution in [3.8, 4) is 5.75 Å². The Bertz CT molecular complexity index is 405. The number of aliphatic hydroxyl groups is 1. The van der Waals surface area contributed by atoms with Crippen LogP contribution in [0, 0.1) is 5.41 Å². The smallest absolute Gasteiger partial charge is 0.124 e. The van der Waals surface area contributed by atoms with E-state index in [1.165, 1.54) is 0 Å². The Balaban J connectivity index is 3.12. The van der Waals surface area contributed by atoms with E-state index >= 15 is 0 Å². The molecule has 0 heterocycles. The van der Waals surface area contributed by atoms with Crippen LogP contribution in [0.1, 0.15) is 12.5 Å². The average Bonchev–Trinajstić information content (AvgIpc) is 2.27. The number of hydrogen-bond donors (Lipinski definition) is 3. The molecule has 0 aliphatic rings. The highest BCUT2D eigenvalue weighted by atomic mass is 16.5. The minimum Gasteiger partial charge on any atom is -0.497 e. The Kier molecular flexibility index (Phi) is 4.34. The molecule has 4 N–H and O–H groups in total. The number of anilines is 1. The van der Waals surface area contributed by atoms with Gasteiger partial charge in [0, 0.05) is 25.2 Å². The topological polar surface area (TPSA) is 82.6 Å². The molecule has 0 saturated carbocycles. The van der Waals surface area contributed by atoms with Crippen LogP contribution in [0.25, 0.3) is 0 Å². The van der Waals surface area contributed by atoms with E-state index in [-0.39, 0.29) is 5.84 Å². The maximum atomic E-state index is 9.38. The number of hydrogen-bond acceptors (Lipinski definition) is 4. The number of methoxy groups -OCH3 is 1. The maximum absolute atomic E-state index is 9.38. The lowest BCUT2D eigenvalue weighted by Crippen LogP contribution is -2.29. The van der Waals surface area contributed by atoms with E-state index in [1.54, 1.807) is 32.2 Å². The minimum atomic E-state index is -0.453. The van der Waals surface area contributed by atoms with Crippen LogP contribution < -0.4 is 15.4 Å². The second-order valence-electron chi connectivity index (χ2n) is 4.03. The number of likely N-dealkylation sites (N-methyl/N-ethyl adjacent to an activating group) is 1. The second kappa shape index (κ2) is 5.54. The lowest BCUT2D eigenvalue weighted by atomic mass is 10.1. The Labute approximate surface area is 101 Å². The number of benzene rings is 1. The molecule has 0 fully saturated rings. The third-order valence-corrected chi connectivity index (χ3v) is 2.44. The van der Waals surface area contributed by atoms with Crippen LogP contribution in [-0.4, -0.2) is 37.7 Å². The summed E-state index contributed by atoms with van der Waals surface area (Å²) in [7, 11) is 3.43. The highest BCUT2D eigenvalue weighted by Gasteiger charge is 2.12. The van der Waals surface area contributed by atoms with Gasteiger partial charge in [-0.3, -0.25) is 5.41 Å². The van der Waals surface area contributed by atoms with E-state index in [0.29, 0.717) is 17.9 Å². The SMILES string of the molecule is COc1ccc(C(=N)N)c(N(C)CC(C)O)c1. The van der Waals surface area contributed by atoms with Crippen molar-refractivity contribution in [1.29, 1.82) is 5.41 Å². The molecule has 0 radical (unpaired) electrons. The Morgan fingerprint density at radius 2 is 2.24 bits per heavy atom. The third-order valence-electron chi connectivity index (χ3n) is 2.44. The van der Waals surface area contributed by atoms with Gasteiger partial charge in [-0.25, -0.2) is 0 Å². The molecule has 1 rings (SSSR count). The molecule has 5 nitrogen and oxygen atoms in total. The van der Waals surface area contributed by atoms with Gasteiger partial charge >= 0.3 is 0 Å². The molecule has 0 aliphatic heterocycles. The Hall–Kier alpha value is -1.75. The van der Waals surface area contributed by atoms with Crippen LogP contribution in [0.4, 0.5) is 5.69 Å². The first-order valence-corrected chi connectivity index (χ1v) is 5.37. The highest BCUT2D eigenvalue weighted by Crippen LogP contribution is 2.25. The largest absolute Gasteiger partial charge is 0.497 e. The molecule has 0 aliphatic carbocycles. The first-order chi connectivity index (χ1) is 7.95. The van der Waals surface area contributed by atoms with E-state index in [0.717, 1.165) is 5.69 Å². The van der Waals surface area contributed by atoms with Crippen molar-refractivity contribution < 1.29 is 9.84 Å². The van der Waals surface area contributed by atoms with E-state index in [1.807, 2.05) is 11.9 Å². The van der Waals surface area contributed by atoms with Crippen LogP contribution in [0.15, 0.2) is 18.2 Å². The normalized spacial score (nSPS) is 12.0. The molecule has 94 valence electrons. The summed E-state index contributed by atoms with van der Waals surface area (Å²) < 4.78 is 5.14. The third kappa shape index (κ3) is 3.35. The summed E-state index contributed by atoms with van der Waals surface area (Å²) in [6.07, 6.45) is -0.453. The number of nitrogens with two attached hydrogens (primary N) is 1. The van der Waals surface area contributed by atoms with Crippen molar-refractivity contribution >= 4 is 11.5 Å². The van der Waals surface area contributed by atoms with Gasteiger partial charge < -0.3 is 20.5 Å². The molecular formula is C12H19N3O2. The van der Waals surface area contributed by atoms with Gasteiger partial charge in [0.25, 0.3) is 0 Å². The van der Waals surface area contributed by atoms with Gasteiger partial charge in [0.1, 0.15) is 11.6 Å². The van der Waals surface area contributed by atoms with Gasteiger partial charge in [0.05, 0.1) is 18.9 Å². The molecule has 5 heteroatoms. The molecule has 0 aromatic heterocycles. The van der Waals surface area contributed by atoms with E-state index < -0.39 is 6.10 Å². The number of nitrogen functional groups attached to an aromatic ring is 1. The first-order valence-electron chi connectivity index (χ1n) is 5.37. The zero-order chi connectivity index (χ0) is 13.0. The molecular weight excluding hydrogens is 218 g/mol. The average molecular weight is 237 g/mol. The van der Waals surface area contributed by atoms with Crippen LogP contribution in [0.2, 0.25) is 0 Å². The monoisotopic (exact) mass is 237 g/mol. The molecule has 1 aromatic carbocycles. The second-order valence-corrected chi connectivity index (χ2v) is 4.03. The van der Waals surface area contributed by atoms with E-state index in [9.17, 15) is 5.11 Å². The molecule has 0 spiro atoms. The van der Waals surface area contributed by atoms with E-state index in [4.69, 9.17) is 15.9 Å². The fourth-order valence-corrected chi connectivity index (χ4v) is 1.68. The fourth-order valence-electron chi connectivity index (χ4n) is 1.68. The van der Waals surface area contributed by atoms with Crippen molar-refractivity contribution in [3.05, 3.63) is 23.8 Å². The van der Waals surface area contributed by atoms with Gasteiger partial charge in [0.2, 0.25) is 0 Å². The summed E-state index contributed by atoms with van der Waals surface area (Å²) in [5, 5.41) is 16.9. The number of nitrogens with zero attached hydrogens (tertiary/aromatic N) is 1. The van der Waals surface area contributed by atoms with Crippen LogP contribution in [-0.2, 0) is 0 Å². The zero-order valence-electron chi connectivity index (χ0n) is 10.4. The van der Waals surface area contributed by atoms with Crippen LogP contribution in [0.5, 0.6) is 5.75 Å². The van der Waals surface area contributed by atoms with Gasteiger partial charge in [-0.1, -0.05) is 0 Å². The number of nitrogens with one attached hydrogen (secondary N) is 1. The summed E-state index contributed by atoms with van der Waals surface area (Å²) in [4.78, 5) is 1.85. The summed E-state index contributed by atoms with van der Waals surface area (Å²) in [5.41, 5.74) is 6.94. The Morgan fingerprint density at radius 1 is 1.59 bits per heavy atom. The molecule has 0 saturated heterocycles. The van der Waals surface area contributed by atoms with Gasteiger partial charge in [-0.15, -0.1) is 0 Å². The predicted molar refractivity (Wildman–Crippen MR) is 69.0 cm³/mol. The van der Waals surface area contributed by atoms with Crippen molar-refractivity contribution in [2.24, 2.45) is 5.73 Å². The van der Waals surface area contributed by atoms with Gasteiger partial charge in [0.15, 0.2) is 0 Å². The first kappa shape index (κ1) is 13.3. The molecule has 0 amide bonds. The van der Waals surface area contributed by atoms with Crippen molar-refractivity contribution in [2.45, 2.75) is 13.0 Å². The zero-order valence-corrected chi connectivity index (χ0v) is 10.4. The molecule has 1 atom stereocenters. The summed E-state index contributed by atoms with van der Waals surface area (Å²) in [6, 6.07) is 5.31. The Morgan fingerprint density at radius 3 is 2.71 bits per heavy atom. The van der Waals surface area contributed by atoms with Crippen LogP contribution in [0.3, 0.4) is 0 Å². The lowest BCUT2D eigenvalue weighted by molar-refractivity contribution is 0.201. The summed E-state index contributed by atoms with van der Waals surface area (Å²) in [6.45, 7) is 2.18. The molecule has 1 unspecified atom stereocenters. The number of amidine groups is 1. The van der Waals surface area contributed by atoms with Crippen LogP contribution >= 0.6 is 0 Å². The molecule has 17 heavy (non-hydrogen) atoms. The van der Waals surface area contributed by atoms with Gasteiger partial charge in [-0.05, 0) is 19.1 Å². The molecule has 0 bridgehead atoms. The fraction of sp³-hybridized carbons (Fsp3) is 0.417. The maximum Gasteiger partial charge on any atom is 0.124 e. The standard InChI is InChI=1S/C12H19N3O2/c1-8(16)7-15(2)11-6-9(17-3)4-5-10(11)12(13)14/h4-6,8,16H,7H2,1-3H3,(H3,13,14). The highest BCUT2D eigenvalue weighted by molar-refractivity contribution is 6.00. The van der Waals surface area contributed by atoms with Crippen molar-refractivity contribution in [3.63, 3.8) is 0 Å². The number of ether oxygens (including phenoxy) is 1. The summed E-state index contributed by atoms with van der Waals surface area (Å²) >= 11 is 0. The molecule has 1 aromatic rings. The minimum absolute atomic E-state index is 0.0000888. The number of rotatable bonds is 5. The summed E-state index contributed by atoms with van der Waals surface area (Å²) in [5.74, 6) is 0.697. The van der Waals surface area contributed by atoms with E-state index in [2.05, 4.69) is 0 Å². The lowest BCUT2D eigenvalue weighted by Gasteiger charge is -2.24. The van der Waals surface area contributed by atoms with Crippen molar-refractivity contribution in [1.82, 2.24) is 0 Å². The van der Waals surface area contributed by atoms with Gasteiger partial charge in [-0.2, -0.15) is 0 Å². The predicted octanol–water partition coefficient (Wildman–Crippen LogP) is 0.796. The number of aliphatic hydroxyl groups excluding tert-OH is 1.